The van der Waals surface area contributed by atoms with Crippen molar-refractivity contribution in [3.05, 3.63) is 145 Å². The van der Waals surface area contributed by atoms with Gasteiger partial charge in [0.05, 0.1) is 0 Å². The normalized spacial score (nSPS) is 17.9. The van der Waals surface area contributed by atoms with E-state index in [-0.39, 0.29) is 0 Å². The van der Waals surface area contributed by atoms with Gasteiger partial charge in [-0.2, -0.15) is 0 Å². The summed E-state index contributed by atoms with van der Waals surface area (Å²) >= 11 is -2.09. The van der Waals surface area contributed by atoms with Gasteiger partial charge in [-0.25, -0.2) is 0 Å². The first-order valence-electron chi connectivity index (χ1n) is 14.8. The molecule has 0 unspecified atom stereocenters. The van der Waals surface area contributed by atoms with Gasteiger partial charge >= 0.3 is 261 Å². The molecule has 0 fully saturated rings. The Kier molecular flexibility index (Phi) is 4.94. The van der Waals surface area contributed by atoms with Crippen LogP contribution in [0.1, 0.15) is 24.0 Å². The van der Waals surface area contributed by atoms with E-state index in [2.05, 4.69) is 177 Å². The van der Waals surface area contributed by atoms with Crippen LogP contribution in [0.4, 0.5) is 0 Å². The van der Waals surface area contributed by atoms with E-state index >= 15 is 0 Å². The van der Waals surface area contributed by atoms with Crippen molar-refractivity contribution in [3.8, 4) is 34.2 Å². The van der Waals surface area contributed by atoms with Crippen molar-refractivity contribution in [1.29, 1.82) is 0 Å². The molecule has 0 radical (unpaired) electrons. The number of hydrogen-bond donors (Lipinski definition) is 0. The van der Waals surface area contributed by atoms with Crippen LogP contribution in [0, 0.1) is 6.92 Å². The predicted molar refractivity (Wildman–Crippen MR) is 161 cm³/mol. The first-order valence-corrected chi connectivity index (χ1v) is 20.5. The molecule has 0 saturated carbocycles. The van der Waals surface area contributed by atoms with Crippen LogP contribution in [0.5, 0.6) is 0 Å². The van der Waals surface area contributed by atoms with Gasteiger partial charge in [-0.05, 0) is 0 Å². The Labute approximate surface area is 259 Å². The minimum absolute atomic E-state index is 1.03. The molecule has 8 heteroatoms. The molecule has 0 aromatic carbocycles. The van der Waals surface area contributed by atoms with Crippen molar-refractivity contribution >= 4 is 15.9 Å². The number of halogens is 1. The summed E-state index contributed by atoms with van der Waals surface area (Å²) in [4.78, 5) is 0. The van der Waals surface area contributed by atoms with E-state index in [1.54, 1.807) is 0 Å². The summed E-state index contributed by atoms with van der Waals surface area (Å²) in [6, 6.07) is 36.1. The number of aryl methyl sites for hydroxylation is 2. The van der Waals surface area contributed by atoms with Crippen LogP contribution in [0.25, 0.3) is 34.2 Å². The summed E-state index contributed by atoms with van der Waals surface area (Å²) in [7, 11) is 0. The van der Waals surface area contributed by atoms with Crippen LogP contribution in [-0.4, -0.2) is 5.33 Å². The average Bonchev–Trinajstić information content (AvgIpc) is 3.56. The van der Waals surface area contributed by atoms with Crippen molar-refractivity contribution < 1.29 is 33.7 Å². The monoisotopic (exact) mass is 718 g/mol. The van der Waals surface area contributed by atoms with E-state index in [0.717, 1.165) is 24.6 Å². The van der Waals surface area contributed by atoms with E-state index in [1.807, 2.05) is 0 Å². The number of rotatable bonds is 4. The molecule has 1 spiro atoms. The van der Waals surface area contributed by atoms with Gasteiger partial charge in [0.2, 0.25) is 0 Å². The molecule has 6 nitrogen and oxygen atoms in total. The molecule has 0 amide bonds. The molecule has 43 heavy (non-hydrogen) atoms. The van der Waals surface area contributed by atoms with E-state index in [0.29, 0.717) is 0 Å². The number of aromatic nitrogens is 6. The van der Waals surface area contributed by atoms with Gasteiger partial charge in [0.25, 0.3) is 0 Å². The molecule has 9 heterocycles. The number of unbranched alkanes of at least 4 members (excludes halogenated alkanes) is 1. The topological polar surface area (TPSA) is 23.3 Å². The Balaban J connectivity index is 1.65. The third-order valence-electron chi connectivity index (χ3n) is 9.15. The summed E-state index contributed by atoms with van der Waals surface area (Å²) < 4.78 is 16.0. The fraction of sp³-hybridized carbons (Fsp3) is 0.143. The molecular weight excluding hydrogens is 685 g/mol. The average molecular weight is 719 g/mol. The van der Waals surface area contributed by atoms with Gasteiger partial charge in [-0.3, -0.25) is 0 Å². The summed E-state index contributed by atoms with van der Waals surface area (Å²) in [5.74, 6) is 0. The number of pyridine rings is 6. The van der Waals surface area contributed by atoms with Crippen molar-refractivity contribution in [3.63, 3.8) is 0 Å². The molecule has 3 aliphatic heterocycles. The summed E-state index contributed by atoms with van der Waals surface area (Å²) in [5, 5.41) is 1.03. The van der Waals surface area contributed by atoms with E-state index in [1.165, 1.54) is 45.3 Å². The SMILES string of the molecule is Cc1cc[n+]2c(c1)-c1cc(CCCCBr)cc[n+]1[Ru]213([n+]2ccccc2-c2cccc[n+]21)[n+]1ccccc1-c1cccc[n+]13. The van der Waals surface area contributed by atoms with Gasteiger partial charge in [0, 0.05) is 0 Å². The Morgan fingerprint density at radius 1 is 0.488 bits per heavy atom. The van der Waals surface area contributed by atoms with Crippen LogP contribution in [0.3, 0.4) is 0 Å². The predicted octanol–water partition coefficient (Wildman–Crippen LogP) is 3.68. The quantitative estimate of drug-likeness (QED) is 0.151. The first kappa shape index (κ1) is 25.5. The molecular formula is C35H33BrN6Ru+6. The minimum atomic E-state index is -5.72. The van der Waals surface area contributed by atoms with Crippen molar-refractivity contribution in [2.75, 3.05) is 5.33 Å². The molecule has 0 N–H and O–H groups in total. The molecule has 6 aromatic heterocycles. The summed E-state index contributed by atoms with van der Waals surface area (Å²) in [5.41, 5.74) is 9.83. The van der Waals surface area contributed by atoms with E-state index < -0.39 is 13.9 Å². The molecule has 0 saturated heterocycles. The number of fused-ring (bicyclic) bond motifs is 9. The van der Waals surface area contributed by atoms with Crippen LogP contribution in [0.15, 0.2) is 134 Å². The van der Waals surface area contributed by atoms with Gasteiger partial charge < -0.3 is 0 Å². The van der Waals surface area contributed by atoms with Crippen LogP contribution in [-0.2, 0) is 20.3 Å². The number of alkyl halides is 1. The Morgan fingerprint density at radius 2 is 0.930 bits per heavy atom. The summed E-state index contributed by atoms with van der Waals surface area (Å²) in [6.07, 6.45) is 17.4. The van der Waals surface area contributed by atoms with Gasteiger partial charge in [-0.15, -0.1) is 0 Å². The molecule has 0 aliphatic carbocycles. The van der Waals surface area contributed by atoms with E-state index in [4.69, 9.17) is 0 Å². The van der Waals surface area contributed by atoms with Crippen LogP contribution >= 0.6 is 15.9 Å². The molecule has 3 aliphatic rings. The zero-order chi connectivity index (χ0) is 28.9. The molecule has 6 aromatic rings. The van der Waals surface area contributed by atoms with Crippen molar-refractivity contribution in [2.45, 2.75) is 26.2 Å². The van der Waals surface area contributed by atoms with Crippen LogP contribution in [0.2, 0.25) is 0 Å². The third-order valence-corrected chi connectivity index (χ3v) is 25.0. The van der Waals surface area contributed by atoms with E-state index in [9.17, 15) is 0 Å². The standard InChI is InChI=1S/C15H17BrN2.2C10H8N2.Ru/c1-12-5-8-17-14(10-12)15-11-13(6-9-18-15)4-2-3-7-16;2*1-3-7-11-9(5-1)10-6-2-4-8-12-10;/h5-6,8-11H,2-4,7H2,1H3;2*1-8H;/q;;;+6. The van der Waals surface area contributed by atoms with Gasteiger partial charge in [0.1, 0.15) is 0 Å². The van der Waals surface area contributed by atoms with Gasteiger partial charge in [-0.1, -0.05) is 0 Å². The second-order valence-electron chi connectivity index (χ2n) is 11.4. The molecule has 0 bridgehead atoms. The Hall–Kier alpha value is -4.00. The van der Waals surface area contributed by atoms with Crippen molar-refractivity contribution in [1.82, 2.24) is 0 Å². The fourth-order valence-electron chi connectivity index (χ4n) is 7.58. The second-order valence-corrected chi connectivity index (χ2v) is 22.4. The zero-order valence-corrected chi connectivity index (χ0v) is 27.3. The number of hydrogen-bond acceptors (Lipinski definition) is 0. The maximum atomic E-state index is 3.63. The fourth-order valence-corrected chi connectivity index (χ4v) is 25.9. The van der Waals surface area contributed by atoms with Crippen molar-refractivity contribution in [2.24, 2.45) is 0 Å². The first-order chi connectivity index (χ1) is 21.1. The number of nitrogens with zero attached hydrogens (tertiary/aromatic N) is 6. The third kappa shape index (κ3) is 2.41. The second kappa shape index (κ2) is 8.34. The Bertz CT molecular complexity index is 2000. The molecule has 9 rings (SSSR count). The zero-order valence-electron chi connectivity index (χ0n) is 23.9. The van der Waals surface area contributed by atoms with Gasteiger partial charge in [0.15, 0.2) is 0 Å². The summed E-state index contributed by atoms with van der Waals surface area (Å²) in [6.45, 7) is 2.21. The molecule has 212 valence electrons. The molecule has 0 atom stereocenters. The maximum absolute atomic E-state index is 5.72. The van der Waals surface area contributed by atoms with Crippen LogP contribution < -0.4 is 19.9 Å². The Morgan fingerprint density at radius 3 is 1.42 bits per heavy atom.